The summed E-state index contributed by atoms with van der Waals surface area (Å²) in [6, 6.07) is 25.2. The third-order valence-corrected chi connectivity index (χ3v) is 6.01. The number of benzene rings is 3. The Morgan fingerprint density at radius 2 is 1.48 bits per heavy atom. The van der Waals surface area contributed by atoms with Gasteiger partial charge in [0.05, 0.1) is 16.6 Å². The van der Waals surface area contributed by atoms with E-state index in [9.17, 15) is 4.79 Å². The van der Waals surface area contributed by atoms with Crippen molar-refractivity contribution in [2.24, 2.45) is 0 Å². The monoisotopic (exact) mass is 471 g/mol. The third-order valence-electron chi connectivity index (χ3n) is 5.58. The summed E-state index contributed by atoms with van der Waals surface area (Å²) in [4.78, 5) is 20.7. The van der Waals surface area contributed by atoms with E-state index in [2.05, 4.69) is 10.3 Å². The Morgan fingerprint density at radius 3 is 2.15 bits per heavy atom. The Labute approximate surface area is 200 Å². The molecule has 6 heteroatoms. The highest BCUT2D eigenvalue weighted by Gasteiger charge is 2.17. The summed E-state index contributed by atoms with van der Waals surface area (Å²) >= 11 is 12.5. The zero-order valence-electron chi connectivity index (χ0n) is 17.7. The average molecular weight is 472 g/mol. The zero-order chi connectivity index (χ0) is 22.9. The molecule has 0 saturated heterocycles. The minimum atomic E-state index is -0.205. The Morgan fingerprint density at radius 1 is 0.788 bits per heavy atom. The summed E-state index contributed by atoms with van der Waals surface area (Å²) in [7, 11) is 1.88. The lowest BCUT2D eigenvalue weighted by molar-refractivity contribution is 1.26. The highest BCUT2D eigenvalue weighted by Crippen LogP contribution is 2.36. The molecule has 162 valence electrons. The molecule has 5 aromatic rings. The molecule has 2 aromatic heterocycles. The topological polar surface area (TPSA) is 57.8 Å². The van der Waals surface area contributed by atoms with Gasteiger partial charge in [0.2, 0.25) is 0 Å². The number of H-pyrrole nitrogens is 1. The molecule has 0 bridgehead atoms. The van der Waals surface area contributed by atoms with E-state index in [1.54, 1.807) is 12.3 Å². The lowest BCUT2D eigenvalue weighted by Gasteiger charge is -2.14. The van der Waals surface area contributed by atoms with Gasteiger partial charge in [0.15, 0.2) is 0 Å². The molecule has 0 saturated carbocycles. The summed E-state index contributed by atoms with van der Waals surface area (Å²) < 4.78 is 0. The van der Waals surface area contributed by atoms with Crippen LogP contribution in [0.5, 0.6) is 0 Å². The zero-order valence-corrected chi connectivity index (χ0v) is 19.2. The van der Waals surface area contributed by atoms with Crippen LogP contribution >= 0.6 is 23.2 Å². The van der Waals surface area contributed by atoms with E-state index in [0.29, 0.717) is 20.9 Å². The molecule has 3 aromatic carbocycles. The van der Waals surface area contributed by atoms with Crippen LogP contribution in [0.15, 0.2) is 89.9 Å². The van der Waals surface area contributed by atoms with Crippen LogP contribution in [0.4, 0.5) is 5.69 Å². The first kappa shape index (κ1) is 21.3. The van der Waals surface area contributed by atoms with Crippen LogP contribution in [-0.4, -0.2) is 17.0 Å². The van der Waals surface area contributed by atoms with Crippen LogP contribution < -0.4 is 10.9 Å². The number of aromatic amines is 1. The van der Waals surface area contributed by atoms with Crippen LogP contribution in [0, 0.1) is 0 Å². The van der Waals surface area contributed by atoms with Crippen molar-refractivity contribution in [3.8, 4) is 33.5 Å². The van der Waals surface area contributed by atoms with Crippen molar-refractivity contribution in [3.63, 3.8) is 0 Å². The molecule has 0 radical (unpaired) electrons. The number of anilines is 1. The molecule has 4 nitrogen and oxygen atoms in total. The van der Waals surface area contributed by atoms with Gasteiger partial charge in [-0.15, -0.1) is 0 Å². The number of rotatable bonds is 4. The Bertz CT molecular complexity index is 1510. The molecular formula is C27H19Cl2N3O. The standard InChI is InChI=1S/C27H19Cl2N3O/c1-30-21-9-7-17(8-10-21)25-22(16-5-3-2-4-6-16)14-23-26(32-25)24(15-31-27(23)33)18-11-19(28)13-20(29)12-18/h2-15,30H,1H3,(H,31,33). The van der Waals surface area contributed by atoms with Crippen molar-refractivity contribution in [3.05, 3.63) is 105 Å². The van der Waals surface area contributed by atoms with Crippen LogP contribution in [0.3, 0.4) is 0 Å². The van der Waals surface area contributed by atoms with Crippen molar-refractivity contribution >= 4 is 39.8 Å². The van der Waals surface area contributed by atoms with Gasteiger partial charge in [0.25, 0.3) is 5.56 Å². The summed E-state index contributed by atoms with van der Waals surface area (Å²) in [5, 5.41) is 4.67. The van der Waals surface area contributed by atoms with Gasteiger partial charge < -0.3 is 10.3 Å². The SMILES string of the molecule is CNc1ccc(-c2nc3c(-c4cc(Cl)cc(Cl)c4)c[nH]c(=O)c3cc2-c2ccccc2)cc1. The van der Waals surface area contributed by atoms with Crippen molar-refractivity contribution in [1.29, 1.82) is 0 Å². The summed E-state index contributed by atoms with van der Waals surface area (Å²) in [6.45, 7) is 0. The maximum Gasteiger partial charge on any atom is 0.257 e. The maximum atomic E-state index is 12.9. The van der Waals surface area contributed by atoms with Gasteiger partial charge in [-0.05, 0) is 47.5 Å². The van der Waals surface area contributed by atoms with Crippen molar-refractivity contribution in [2.75, 3.05) is 12.4 Å². The second kappa shape index (κ2) is 8.74. The molecule has 0 aliphatic carbocycles. The smallest absolute Gasteiger partial charge is 0.257 e. The number of hydrogen-bond donors (Lipinski definition) is 2. The van der Waals surface area contributed by atoms with Crippen molar-refractivity contribution in [2.45, 2.75) is 0 Å². The van der Waals surface area contributed by atoms with Crippen LogP contribution in [-0.2, 0) is 0 Å². The predicted octanol–water partition coefficient (Wildman–Crippen LogP) is 7.27. The number of nitrogens with zero attached hydrogens (tertiary/aromatic N) is 1. The minimum Gasteiger partial charge on any atom is -0.388 e. The van der Waals surface area contributed by atoms with E-state index in [1.165, 1.54) is 0 Å². The fourth-order valence-electron chi connectivity index (χ4n) is 3.96. The maximum absolute atomic E-state index is 12.9. The van der Waals surface area contributed by atoms with Crippen molar-refractivity contribution < 1.29 is 0 Å². The van der Waals surface area contributed by atoms with E-state index < -0.39 is 0 Å². The van der Waals surface area contributed by atoms with Gasteiger partial charge in [0.1, 0.15) is 0 Å². The average Bonchev–Trinajstić information content (AvgIpc) is 2.83. The second-order valence-corrected chi connectivity index (χ2v) is 8.54. The normalized spacial score (nSPS) is 11.0. The molecule has 0 aliphatic rings. The van der Waals surface area contributed by atoms with Crippen LogP contribution in [0.1, 0.15) is 0 Å². The quantitative estimate of drug-likeness (QED) is 0.289. The highest BCUT2D eigenvalue weighted by molar-refractivity contribution is 6.35. The van der Waals surface area contributed by atoms with E-state index in [1.807, 2.05) is 79.8 Å². The van der Waals surface area contributed by atoms with Crippen molar-refractivity contribution in [1.82, 2.24) is 9.97 Å². The number of nitrogens with one attached hydrogen (secondary N) is 2. The molecule has 0 unspecified atom stereocenters. The number of hydrogen-bond acceptors (Lipinski definition) is 3. The molecule has 0 amide bonds. The lowest BCUT2D eigenvalue weighted by Crippen LogP contribution is -2.08. The summed E-state index contributed by atoms with van der Waals surface area (Å²) in [6.07, 6.45) is 1.66. The number of pyridine rings is 2. The van der Waals surface area contributed by atoms with Crippen LogP contribution in [0.25, 0.3) is 44.4 Å². The Kier molecular flexibility index (Phi) is 5.63. The van der Waals surface area contributed by atoms with Crippen LogP contribution in [0.2, 0.25) is 10.0 Å². The fourth-order valence-corrected chi connectivity index (χ4v) is 4.48. The van der Waals surface area contributed by atoms with E-state index in [4.69, 9.17) is 28.2 Å². The first-order chi connectivity index (χ1) is 16.0. The molecule has 5 rings (SSSR count). The minimum absolute atomic E-state index is 0.205. The lowest BCUT2D eigenvalue weighted by atomic mass is 9.96. The highest BCUT2D eigenvalue weighted by atomic mass is 35.5. The van der Waals surface area contributed by atoms with E-state index >= 15 is 0 Å². The summed E-state index contributed by atoms with van der Waals surface area (Å²) in [5.74, 6) is 0. The summed E-state index contributed by atoms with van der Waals surface area (Å²) in [5.41, 5.74) is 6.52. The number of aromatic nitrogens is 2. The second-order valence-electron chi connectivity index (χ2n) is 7.66. The molecule has 0 fully saturated rings. The van der Waals surface area contributed by atoms with Gasteiger partial charge >= 0.3 is 0 Å². The Balaban J connectivity index is 1.85. The van der Waals surface area contributed by atoms with E-state index in [0.717, 1.165) is 39.2 Å². The first-order valence-electron chi connectivity index (χ1n) is 10.4. The molecule has 33 heavy (non-hydrogen) atoms. The number of halogens is 2. The van der Waals surface area contributed by atoms with Gasteiger partial charge in [-0.3, -0.25) is 4.79 Å². The number of fused-ring (bicyclic) bond motifs is 1. The Hall–Kier alpha value is -3.60. The molecule has 0 aliphatic heterocycles. The molecule has 2 N–H and O–H groups in total. The van der Waals surface area contributed by atoms with Gasteiger partial charge in [-0.2, -0.15) is 0 Å². The molecule has 0 atom stereocenters. The van der Waals surface area contributed by atoms with Gasteiger partial charge in [-0.1, -0.05) is 65.7 Å². The van der Waals surface area contributed by atoms with E-state index in [-0.39, 0.29) is 5.56 Å². The molecule has 0 spiro atoms. The fraction of sp³-hybridized carbons (Fsp3) is 0.0370. The predicted molar refractivity (Wildman–Crippen MR) is 138 cm³/mol. The third kappa shape index (κ3) is 4.11. The molecule has 2 heterocycles. The van der Waals surface area contributed by atoms with Gasteiger partial charge in [-0.25, -0.2) is 4.98 Å². The van der Waals surface area contributed by atoms with Gasteiger partial charge in [0, 0.05) is 45.7 Å². The largest absolute Gasteiger partial charge is 0.388 e. The molecular weight excluding hydrogens is 453 g/mol. The first-order valence-corrected chi connectivity index (χ1v) is 11.2.